The van der Waals surface area contributed by atoms with Crippen LogP contribution in [0.1, 0.15) is 22.2 Å². The normalized spacial score (nSPS) is 10.7. The minimum atomic E-state index is -0.184. The fourth-order valence-corrected chi connectivity index (χ4v) is 3.22. The average molecular weight is 297 g/mol. The van der Waals surface area contributed by atoms with E-state index in [1.165, 1.54) is 11.3 Å². The molecule has 1 amide bonds. The van der Waals surface area contributed by atoms with E-state index in [2.05, 4.69) is 17.2 Å². The third-order valence-corrected chi connectivity index (χ3v) is 4.49. The summed E-state index contributed by atoms with van der Waals surface area (Å²) in [7, 11) is 0. The Labute approximate surface area is 126 Å². The molecule has 0 aliphatic carbocycles. The number of pyridine rings is 1. The number of hydrogen-bond donors (Lipinski definition) is 2. The van der Waals surface area contributed by atoms with Crippen LogP contribution in [0.3, 0.4) is 0 Å². The second-order valence-electron chi connectivity index (χ2n) is 4.66. The van der Waals surface area contributed by atoms with Gasteiger partial charge in [-0.25, -0.2) is 0 Å². The molecule has 0 unspecified atom stereocenters. The minimum absolute atomic E-state index is 0.184. The predicted molar refractivity (Wildman–Crippen MR) is 87.8 cm³/mol. The van der Waals surface area contributed by atoms with Crippen LogP contribution in [0.2, 0.25) is 0 Å². The topological polar surface area (TPSA) is 68.0 Å². The number of nitrogen functional groups attached to an aromatic ring is 1. The lowest BCUT2D eigenvalue weighted by molar-refractivity contribution is 0.103. The summed E-state index contributed by atoms with van der Waals surface area (Å²) in [5.74, 6) is -0.184. The Hall–Kier alpha value is -2.40. The molecule has 0 bridgehead atoms. The van der Waals surface area contributed by atoms with Crippen LogP contribution in [-0.4, -0.2) is 10.9 Å². The second-order valence-corrected chi connectivity index (χ2v) is 5.71. The lowest BCUT2D eigenvalue weighted by Gasteiger charge is -2.08. The van der Waals surface area contributed by atoms with E-state index in [0.29, 0.717) is 16.1 Å². The van der Waals surface area contributed by atoms with Crippen LogP contribution < -0.4 is 11.1 Å². The van der Waals surface area contributed by atoms with Crippen molar-refractivity contribution in [2.24, 2.45) is 0 Å². The maximum absolute atomic E-state index is 12.5. The van der Waals surface area contributed by atoms with Crippen molar-refractivity contribution in [3.63, 3.8) is 0 Å². The van der Waals surface area contributed by atoms with Crippen molar-refractivity contribution < 1.29 is 4.79 Å². The lowest BCUT2D eigenvalue weighted by atomic mass is 10.1. The zero-order chi connectivity index (χ0) is 14.8. The minimum Gasteiger partial charge on any atom is -0.396 e. The lowest BCUT2D eigenvalue weighted by Crippen LogP contribution is -2.13. The quantitative estimate of drug-likeness (QED) is 0.774. The van der Waals surface area contributed by atoms with Gasteiger partial charge in [-0.05, 0) is 30.2 Å². The molecule has 0 radical (unpaired) electrons. The van der Waals surface area contributed by atoms with E-state index in [1.807, 2.05) is 36.4 Å². The van der Waals surface area contributed by atoms with Crippen molar-refractivity contribution >= 4 is 38.8 Å². The fraction of sp³-hybridized carbons (Fsp3) is 0.125. The van der Waals surface area contributed by atoms with Gasteiger partial charge in [-0.1, -0.05) is 25.1 Å². The van der Waals surface area contributed by atoms with Crippen molar-refractivity contribution in [2.45, 2.75) is 13.3 Å². The summed E-state index contributed by atoms with van der Waals surface area (Å²) in [6, 6.07) is 11.5. The molecule has 21 heavy (non-hydrogen) atoms. The molecule has 0 aliphatic rings. The molecule has 2 aromatic heterocycles. The van der Waals surface area contributed by atoms with E-state index in [0.717, 1.165) is 22.4 Å². The predicted octanol–water partition coefficient (Wildman–Crippen LogP) is 3.69. The molecule has 3 aromatic rings. The van der Waals surface area contributed by atoms with Crippen LogP contribution in [-0.2, 0) is 6.42 Å². The molecular weight excluding hydrogens is 282 g/mol. The number of nitrogens with two attached hydrogens (primary N) is 1. The highest BCUT2D eigenvalue weighted by atomic mass is 32.1. The summed E-state index contributed by atoms with van der Waals surface area (Å²) in [5, 5.41) is 2.94. The first-order chi connectivity index (χ1) is 10.2. The molecule has 1 aromatic carbocycles. The summed E-state index contributed by atoms with van der Waals surface area (Å²) in [6.07, 6.45) is 2.54. The zero-order valence-corrected chi connectivity index (χ0v) is 12.4. The molecule has 0 atom stereocenters. The van der Waals surface area contributed by atoms with E-state index in [9.17, 15) is 4.79 Å². The number of para-hydroxylation sites is 1. The van der Waals surface area contributed by atoms with Crippen LogP contribution in [0.5, 0.6) is 0 Å². The van der Waals surface area contributed by atoms with Gasteiger partial charge < -0.3 is 11.1 Å². The van der Waals surface area contributed by atoms with E-state index in [1.54, 1.807) is 6.20 Å². The van der Waals surface area contributed by atoms with E-state index >= 15 is 0 Å². The van der Waals surface area contributed by atoms with E-state index in [-0.39, 0.29) is 5.91 Å². The van der Waals surface area contributed by atoms with E-state index < -0.39 is 0 Å². The van der Waals surface area contributed by atoms with Crippen LogP contribution in [0, 0.1) is 0 Å². The molecule has 3 rings (SSSR count). The van der Waals surface area contributed by atoms with Gasteiger partial charge in [-0.3, -0.25) is 9.78 Å². The van der Waals surface area contributed by atoms with Crippen LogP contribution >= 0.6 is 11.3 Å². The standard InChI is InChI=1S/C16H15N3OS/c1-2-10-6-3-4-7-11(10)19-16(20)15-13(17)14-12(21-15)8-5-9-18-14/h3-9H,2,17H2,1H3,(H,19,20). The Morgan fingerprint density at radius 1 is 1.29 bits per heavy atom. The number of aryl methyl sites for hydroxylation is 1. The van der Waals surface area contributed by atoms with Gasteiger partial charge in [0.15, 0.2) is 0 Å². The molecule has 0 aliphatic heterocycles. The largest absolute Gasteiger partial charge is 0.396 e. The third kappa shape index (κ3) is 2.48. The average Bonchev–Trinajstić information content (AvgIpc) is 2.85. The van der Waals surface area contributed by atoms with Crippen molar-refractivity contribution in [3.05, 3.63) is 53.0 Å². The summed E-state index contributed by atoms with van der Waals surface area (Å²) in [6.45, 7) is 2.06. The first kappa shape index (κ1) is 13.6. The van der Waals surface area contributed by atoms with Crippen LogP contribution in [0.25, 0.3) is 10.2 Å². The number of amides is 1. The van der Waals surface area contributed by atoms with Crippen molar-refractivity contribution in [1.29, 1.82) is 0 Å². The smallest absolute Gasteiger partial charge is 0.267 e. The second kappa shape index (κ2) is 5.54. The van der Waals surface area contributed by atoms with Crippen LogP contribution in [0.15, 0.2) is 42.6 Å². The maximum Gasteiger partial charge on any atom is 0.267 e. The first-order valence-corrected chi connectivity index (χ1v) is 7.54. The van der Waals surface area contributed by atoms with Gasteiger partial charge in [0.1, 0.15) is 10.4 Å². The summed E-state index contributed by atoms with van der Waals surface area (Å²) >= 11 is 1.37. The molecule has 0 fully saturated rings. The molecule has 3 N–H and O–H groups in total. The zero-order valence-electron chi connectivity index (χ0n) is 11.6. The monoisotopic (exact) mass is 297 g/mol. The Morgan fingerprint density at radius 3 is 2.86 bits per heavy atom. The van der Waals surface area contributed by atoms with Gasteiger partial charge in [0, 0.05) is 11.9 Å². The molecule has 2 heterocycles. The number of carbonyl (C=O) groups is 1. The number of nitrogens with zero attached hydrogens (tertiary/aromatic N) is 1. The van der Waals surface area contributed by atoms with Gasteiger partial charge in [0.25, 0.3) is 5.91 Å². The number of aromatic nitrogens is 1. The molecule has 0 saturated heterocycles. The number of anilines is 2. The fourth-order valence-electron chi connectivity index (χ4n) is 2.25. The van der Waals surface area contributed by atoms with E-state index in [4.69, 9.17) is 5.73 Å². The Morgan fingerprint density at radius 2 is 2.10 bits per heavy atom. The highest BCUT2D eigenvalue weighted by molar-refractivity contribution is 7.21. The first-order valence-electron chi connectivity index (χ1n) is 6.73. The number of hydrogen-bond acceptors (Lipinski definition) is 4. The molecule has 0 spiro atoms. The van der Waals surface area contributed by atoms with Gasteiger partial charge in [-0.2, -0.15) is 0 Å². The highest BCUT2D eigenvalue weighted by Crippen LogP contribution is 2.32. The summed E-state index contributed by atoms with van der Waals surface area (Å²) in [5.41, 5.74) is 9.12. The molecule has 5 heteroatoms. The van der Waals surface area contributed by atoms with Gasteiger partial charge in [0.05, 0.1) is 10.4 Å². The Balaban J connectivity index is 1.96. The molecule has 4 nitrogen and oxygen atoms in total. The number of carbonyl (C=O) groups excluding carboxylic acids is 1. The molecule has 106 valence electrons. The number of thiophene rings is 1. The Bertz CT molecular complexity index is 810. The Kier molecular flexibility index (Phi) is 3.58. The van der Waals surface area contributed by atoms with Crippen molar-refractivity contribution in [3.8, 4) is 0 Å². The summed E-state index contributed by atoms with van der Waals surface area (Å²) in [4.78, 5) is 17.2. The summed E-state index contributed by atoms with van der Waals surface area (Å²) < 4.78 is 0.920. The third-order valence-electron chi connectivity index (χ3n) is 3.34. The number of nitrogens with one attached hydrogen (secondary N) is 1. The SMILES string of the molecule is CCc1ccccc1NC(=O)c1sc2cccnc2c1N. The maximum atomic E-state index is 12.5. The number of rotatable bonds is 3. The van der Waals surface area contributed by atoms with Crippen molar-refractivity contribution in [2.75, 3.05) is 11.1 Å². The number of fused-ring (bicyclic) bond motifs is 1. The number of benzene rings is 1. The highest BCUT2D eigenvalue weighted by Gasteiger charge is 2.17. The van der Waals surface area contributed by atoms with Gasteiger partial charge in [0.2, 0.25) is 0 Å². The van der Waals surface area contributed by atoms with Gasteiger partial charge in [-0.15, -0.1) is 11.3 Å². The van der Waals surface area contributed by atoms with Crippen molar-refractivity contribution in [1.82, 2.24) is 4.98 Å². The van der Waals surface area contributed by atoms with Crippen LogP contribution in [0.4, 0.5) is 11.4 Å². The molecular formula is C16H15N3OS. The molecule has 0 saturated carbocycles. The van der Waals surface area contributed by atoms with Gasteiger partial charge >= 0.3 is 0 Å².